The first-order valence-corrected chi connectivity index (χ1v) is 12.1. The molecule has 0 amide bonds. The summed E-state index contributed by atoms with van der Waals surface area (Å²) in [4.78, 5) is 4.38. The summed E-state index contributed by atoms with van der Waals surface area (Å²) in [5.74, 6) is -9.30. The van der Waals surface area contributed by atoms with E-state index in [1.807, 2.05) is 12.1 Å². The number of nitrogens with zero attached hydrogens (tertiary/aromatic N) is 1. The van der Waals surface area contributed by atoms with Crippen molar-refractivity contribution in [2.45, 2.75) is 32.3 Å². The second kappa shape index (κ2) is 9.48. The van der Waals surface area contributed by atoms with Crippen LogP contribution in [0.1, 0.15) is 37.3 Å². The number of benzene rings is 3. The molecule has 0 N–H and O–H groups in total. The van der Waals surface area contributed by atoms with Gasteiger partial charge >= 0.3 is 6.11 Å². The third-order valence-corrected chi connectivity index (χ3v) is 7.28. The molecule has 192 valence electrons. The Labute approximate surface area is 211 Å². The number of hydrogen-bond acceptors (Lipinski definition) is 3. The summed E-state index contributed by atoms with van der Waals surface area (Å²) in [5.41, 5.74) is 1.02. The van der Waals surface area contributed by atoms with Crippen molar-refractivity contribution >= 4 is 27.1 Å². The molecule has 0 saturated carbocycles. The molecule has 0 aliphatic heterocycles. The van der Waals surface area contributed by atoms with E-state index >= 15 is 0 Å². The van der Waals surface area contributed by atoms with E-state index in [0.717, 1.165) is 40.9 Å². The van der Waals surface area contributed by atoms with Crippen LogP contribution in [0.15, 0.2) is 48.5 Å². The van der Waals surface area contributed by atoms with Gasteiger partial charge in [-0.25, -0.2) is 26.9 Å². The van der Waals surface area contributed by atoms with Crippen molar-refractivity contribution < 1.29 is 35.5 Å². The van der Waals surface area contributed by atoms with Crippen molar-refractivity contribution in [1.82, 2.24) is 4.98 Å². The molecule has 0 saturated heterocycles. The van der Waals surface area contributed by atoms with Gasteiger partial charge in [-0.3, -0.25) is 0 Å². The second-order valence-electron chi connectivity index (χ2n) is 8.95. The van der Waals surface area contributed by atoms with Crippen LogP contribution in [0.4, 0.5) is 30.7 Å². The molecule has 5 rings (SSSR count). The summed E-state index contributed by atoms with van der Waals surface area (Å²) < 4.78 is 103. The van der Waals surface area contributed by atoms with Gasteiger partial charge in [0.25, 0.3) is 0 Å². The molecule has 0 bridgehead atoms. The van der Waals surface area contributed by atoms with Crippen LogP contribution >= 0.6 is 11.3 Å². The Kier molecular flexibility index (Phi) is 6.47. The van der Waals surface area contributed by atoms with Crippen molar-refractivity contribution in [3.8, 4) is 16.3 Å². The van der Waals surface area contributed by atoms with Gasteiger partial charge in [0, 0.05) is 17.7 Å². The van der Waals surface area contributed by atoms with Crippen molar-refractivity contribution in [2.24, 2.45) is 5.92 Å². The summed E-state index contributed by atoms with van der Waals surface area (Å²) >= 11 is 1.16. The molecule has 4 aromatic rings. The number of ether oxygens (including phenoxy) is 1. The largest absolute Gasteiger partial charge is 0.432 e. The fraction of sp³-hybridized carbons (Fsp3) is 0.222. The maximum Gasteiger partial charge on any atom is 0.432 e. The molecule has 3 aromatic carbocycles. The van der Waals surface area contributed by atoms with E-state index in [4.69, 9.17) is 0 Å². The summed E-state index contributed by atoms with van der Waals surface area (Å²) in [6, 6.07) is 7.34. The number of hydrogen-bond donors (Lipinski definition) is 0. The SMILES string of the molecule is CC1CC=C(c2ccc3nc(-c4cc(F)c(C(F)(F)Oc5cc(F)c(F)c(F)c5)c(F)c4)sc3c2)CC1. The Hall–Kier alpha value is -3.40. The predicted molar refractivity (Wildman–Crippen MR) is 127 cm³/mol. The average Bonchev–Trinajstić information content (AvgIpc) is 3.25. The van der Waals surface area contributed by atoms with E-state index in [2.05, 4.69) is 22.7 Å². The van der Waals surface area contributed by atoms with Crippen molar-refractivity contribution in [1.29, 1.82) is 0 Å². The van der Waals surface area contributed by atoms with Crippen LogP contribution in [0.25, 0.3) is 26.4 Å². The minimum atomic E-state index is -4.66. The lowest BCUT2D eigenvalue weighted by Crippen LogP contribution is -2.25. The standard InChI is InChI=1S/C27H18F7NOS/c1-13-2-4-14(5-3-13)15-6-7-22-23(10-15)37-26(35-22)16-8-18(28)24(19(29)9-16)27(33,34)36-17-11-20(30)25(32)21(31)12-17/h4,6-13H,2-3,5H2,1H3. The van der Waals surface area contributed by atoms with E-state index in [1.165, 1.54) is 5.57 Å². The van der Waals surface area contributed by atoms with Crippen molar-refractivity contribution in [2.75, 3.05) is 0 Å². The second-order valence-corrected chi connectivity index (χ2v) is 9.98. The van der Waals surface area contributed by atoms with Crippen LogP contribution in [-0.2, 0) is 6.11 Å². The highest BCUT2D eigenvalue weighted by Crippen LogP contribution is 2.40. The van der Waals surface area contributed by atoms with E-state index in [-0.39, 0.29) is 22.7 Å². The van der Waals surface area contributed by atoms with Crippen molar-refractivity contribution in [3.63, 3.8) is 0 Å². The Morgan fingerprint density at radius 3 is 2.19 bits per heavy atom. The van der Waals surface area contributed by atoms with Gasteiger partial charge in [-0.15, -0.1) is 11.3 Å². The topological polar surface area (TPSA) is 22.1 Å². The highest BCUT2D eigenvalue weighted by Gasteiger charge is 2.41. The predicted octanol–water partition coefficient (Wildman–Crippen LogP) is 8.99. The zero-order chi connectivity index (χ0) is 26.5. The quantitative estimate of drug-likeness (QED) is 0.187. The molecular weight excluding hydrogens is 519 g/mol. The summed E-state index contributed by atoms with van der Waals surface area (Å²) in [6.07, 6.45) is 0.576. The van der Waals surface area contributed by atoms with E-state index in [0.29, 0.717) is 23.6 Å². The first kappa shape index (κ1) is 25.3. The lowest BCUT2D eigenvalue weighted by Gasteiger charge is -2.20. The lowest BCUT2D eigenvalue weighted by atomic mass is 9.88. The fourth-order valence-electron chi connectivity index (χ4n) is 4.24. The fourth-order valence-corrected chi connectivity index (χ4v) is 5.23. The first-order valence-electron chi connectivity index (χ1n) is 11.3. The third-order valence-electron chi connectivity index (χ3n) is 6.22. The minimum Gasteiger partial charge on any atom is -0.429 e. The molecule has 0 fully saturated rings. The lowest BCUT2D eigenvalue weighted by molar-refractivity contribution is -0.189. The number of allylic oxidation sites excluding steroid dienone is 2. The van der Waals surface area contributed by atoms with E-state index in [9.17, 15) is 30.7 Å². The zero-order valence-electron chi connectivity index (χ0n) is 19.2. The van der Waals surface area contributed by atoms with Gasteiger partial charge in [0.2, 0.25) is 0 Å². The molecular formula is C27H18F7NOS. The zero-order valence-corrected chi connectivity index (χ0v) is 20.0. The Morgan fingerprint density at radius 1 is 0.892 bits per heavy atom. The molecule has 1 aromatic heterocycles. The van der Waals surface area contributed by atoms with Gasteiger partial charge in [-0.1, -0.05) is 19.1 Å². The Balaban J connectivity index is 1.45. The summed E-state index contributed by atoms with van der Waals surface area (Å²) in [7, 11) is 0. The molecule has 37 heavy (non-hydrogen) atoms. The van der Waals surface area contributed by atoms with Crippen LogP contribution in [0.3, 0.4) is 0 Å². The van der Waals surface area contributed by atoms with Crippen LogP contribution in [-0.4, -0.2) is 4.98 Å². The maximum atomic E-state index is 14.8. The number of aromatic nitrogens is 1. The van der Waals surface area contributed by atoms with Gasteiger partial charge in [-0.2, -0.15) is 8.78 Å². The normalized spacial score (nSPS) is 16.2. The van der Waals surface area contributed by atoms with Crippen LogP contribution in [0.2, 0.25) is 0 Å². The molecule has 2 nitrogen and oxygen atoms in total. The third kappa shape index (κ3) is 4.94. The number of rotatable bonds is 5. The molecule has 0 spiro atoms. The van der Waals surface area contributed by atoms with Gasteiger partial charge in [0.1, 0.15) is 28.0 Å². The smallest absolute Gasteiger partial charge is 0.429 e. The van der Waals surface area contributed by atoms with Crippen molar-refractivity contribution in [3.05, 3.63) is 88.8 Å². The van der Waals surface area contributed by atoms with Crippen LogP contribution < -0.4 is 4.74 Å². The van der Waals surface area contributed by atoms with Gasteiger partial charge in [0.15, 0.2) is 17.5 Å². The first-order chi connectivity index (χ1) is 17.5. The van der Waals surface area contributed by atoms with Gasteiger partial charge < -0.3 is 4.74 Å². The summed E-state index contributed by atoms with van der Waals surface area (Å²) in [5, 5.41) is 0.217. The number of alkyl halides is 2. The molecule has 10 heteroatoms. The molecule has 1 aliphatic carbocycles. The number of fused-ring (bicyclic) bond motifs is 1. The Morgan fingerprint density at radius 2 is 1.57 bits per heavy atom. The van der Waals surface area contributed by atoms with E-state index in [1.54, 1.807) is 6.07 Å². The van der Waals surface area contributed by atoms with E-state index < -0.39 is 46.5 Å². The molecule has 1 atom stereocenters. The molecule has 1 unspecified atom stereocenters. The average molecular weight is 538 g/mol. The Bertz CT molecular complexity index is 1500. The summed E-state index contributed by atoms with van der Waals surface area (Å²) in [6.45, 7) is 2.19. The molecule has 0 radical (unpaired) electrons. The highest BCUT2D eigenvalue weighted by molar-refractivity contribution is 7.21. The molecule has 1 aliphatic rings. The molecule has 1 heterocycles. The van der Waals surface area contributed by atoms with Crippen LogP contribution in [0, 0.1) is 35.0 Å². The highest BCUT2D eigenvalue weighted by atomic mass is 32.1. The van der Waals surface area contributed by atoms with Gasteiger partial charge in [-0.05, 0) is 60.6 Å². The minimum absolute atomic E-state index is 0.0677. The maximum absolute atomic E-state index is 14.8. The number of thiazole rings is 1. The monoisotopic (exact) mass is 537 g/mol. The van der Waals surface area contributed by atoms with Gasteiger partial charge in [0.05, 0.1) is 10.2 Å². The van der Waals surface area contributed by atoms with Crippen LogP contribution in [0.5, 0.6) is 5.75 Å². The number of halogens is 7.